The van der Waals surface area contributed by atoms with Crippen molar-refractivity contribution in [1.29, 1.82) is 0 Å². The van der Waals surface area contributed by atoms with Gasteiger partial charge in [0.1, 0.15) is 73.2 Å². The van der Waals surface area contributed by atoms with Crippen molar-refractivity contribution in [3.63, 3.8) is 0 Å². The van der Waals surface area contributed by atoms with Crippen LogP contribution in [-0.2, 0) is 33.2 Å². The first kappa shape index (κ1) is 83.0. The van der Waals surface area contributed by atoms with Crippen molar-refractivity contribution < 1.29 is 89.4 Å². The van der Waals surface area contributed by atoms with Gasteiger partial charge in [-0.1, -0.05) is 296 Å². The number of carbonyl (C=O) groups excluding carboxylic acids is 1. The molecular weight excluding hydrogens is 1150 g/mol. The molecule has 3 aliphatic heterocycles. The highest BCUT2D eigenvalue weighted by Crippen LogP contribution is 2.33. The Labute approximate surface area is 544 Å². The molecule has 0 aliphatic carbocycles. The molecule has 12 N–H and O–H groups in total. The number of aliphatic hydroxyl groups is 11. The van der Waals surface area contributed by atoms with E-state index in [1.165, 1.54) is 238 Å². The molecule has 534 valence electrons. The molecule has 90 heavy (non-hydrogen) atoms. The second-order valence-electron chi connectivity index (χ2n) is 27.1. The molecule has 3 aliphatic rings. The molecule has 19 nitrogen and oxygen atoms in total. The summed E-state index contributed by atoms with van der Waals surface area (Å²) in [6.07, 6.45) is 31.8. The quantitative estimate of drug-likeness (QED) is 0.0252. The van der Waals surface area contributed by atoms with Gasteiger partial charge in [-0.15, -0.1) is 0 Å². The summed E-state index contributed by atoms with van der Waals surface area (Å²) in [5, 5.41) is 121. The highest BCUT2D eigenvalue weighted by atomic mass is 16.8. The van der Waals surface area contributed by atoms with Crippen LogP contribution in [0.25, 0.3) is 0 Å². The van der Waals surface area contributed by atoms with E-state index in [1.807, 2.05) is 0 Å². The van der Waals surface area contributed by atoms with Crippen LogP contribution in [0.2, 0.25) is 0 Å². The van der Waals surface area contributed by atoms with Gasteiger partial charge in [0.25, 0.3) is 0 Å². The minimum Gasteiger partial charge on any atom is -0.394 e. The molecule has 0 radical (unpaired) electrons. The molecule has 1 amide bonds. The average Bonchev–Trinajstić information content (AvgIpc) is 1.17. The Morgan fingerprint density at radius 3 is 0.967 bits per heavy atom. The summed E-state index contributed by atoms with van der Waals surface area (Å²) in [5.74, 6) is -0.235. The third-order valence-electron chi connectivity index (χ3n) is 19.2. The molecule has 3 fully saturated rings. The number of carbonyl (C=O) groups is 1. The number of amides is 1. The van der Waals surface area contributed by atoms with Gasteiger partial charge in [0, 0.05) is 6.42 Å². The predicted octanol–water partition coefficient (Wildman–Crippen LogP) is 10.7. The SMILES string of the molecule is CCCCCCCCCCCCCCCCCCCCCCCCCCCCCC(O)C(COC1OC(CO)C(OC2OC(CO)C(OC3OC(CO)C(O)C(O)C3O)C(O)C2O)C(O)C1O)NC(=O)CCCCCCCCCCCCCCCCCCCC. The van der Waals surface area contributed by atoms with Gasteiger partial charge in [0.2, 0.25) is 5.91 Å². The summed E-state index contributed by atoms with van der Waals surface area (Å²) < 4.78 is 34.5. The molecule has 19 heteroatoms. The van der Waals surface area contributed by atoms with Crippen molar-refractivity contribution in [3.8, 4) is 0 Å². The number of unbranched alkanes of at least 4 members (excludes halogenated alkanes) is 43. The van der Waals surface area contributed by atoms with E-state index in [0.717, 1.165) is 44.9 Å². The molecule has 0 spiro atoms. The number of hydrogen-bond donors (Lipinski definition) is 12. The zero-order chi connectivity index (χ0) is 65.4. The van der Waals surface area contributed by atoms with E-state index in [1.54, 1.807) is 0 Å². The van der Waals surface area contributed by atoms with Crippen LogP contribution in [-0.4, -0.2) is 193 Å². The molecule has 0 bridgehead atoms. The lowest BCUT2D eigenvalue weighted by Gasteiger charge is -2.48. The molecule has 3 saturated heterocycles. The minimum absolute atomic E-state index is 0.235. The Morgan fingerprint density at radius 2 is 0.633 bits per heavy atom. The van der Waals surface area contributed by atoms with Gasteiger partial charge < -0.3 is 89.9 Å². The third kappa shape index (κ3) is 35.2. The van der Waals surface area contributed by atoms with Gasteiger partial charge in [-0.05, 0) is 12.8 Å². The summed E-state index contributed by atoms with van der Waals surface area (Å²) >= 11 is 0. The second kappa shape index (κ2) is 53.9. The fourth-order valence-corrected chi connectivity index (χ4v) is 13.1. The van der Waals surface area contributed by atoms with Crippen molar-refractivity contribution in [2.45, 2.75) is 420 Å². The molecule has 0 saturated carbocycles. The average molecular weight is 1290 g/mol. The fourth-order valence-electron chi connectivity index (χ4n) is 13.1. The van der Waals surface area contributed by atoms with Crippen molar-refractivity contribution in [1.82, 2.24) is 5.32 Å². The first-order valence-electron chi connectivity index (χ1n) is 37.3. The first-order chi connectivity index (χ1) is 43.8. The molecule has 3 rings (SSSR count). The molecule has 0 aromatic heterocycles. The lowest BCUT2D eigenvalue weighted by Crippen LogP contribution is -2.66. The molecular formula is C71H137NO18. The Morgan fingerprint density at radius 1 is 0.356 bits per heavy atom. The highest BCUT2D eigenvalue weighted by Gasteiger charge is 2.53. The van der Waals surface area contributed by atoms with Crippen LogP contribution < -0.4 is 5.32 Å². The van der Waals surface area contributed by atoms with Crippen LogP contribution >= 0.6 is 0 Å². The monoisotopic (exact) mass is 1290 g/mol. The maximum Gasteiger partial charge on any atom is 0.220 e. The fraction of sp³-hybridized carbons (Fsp3) is 0.986. The van der Waals surface area contributed by atoms with Crippen LogP contribution in [0.4, 0.5) is 0 Å². The van der Waals surface area contributed by atoms with E-state index >= 15 is 0 Å². The van der Waals surface area contributed by atoms with E-state index in [9.17, 15) is 61.0 Å². The maximum atomic E-state index is 13.4. The summed E-state index contributed by atoms with van der Waals surface area (Å²) in [7, 11) is 0. The lowest BCUT2D eigenvalue weighted by molar-refractivity contribution is -0.379. The Kier molecular flexibility index (Phi) is 49.7. The standard InChI is InChI=1S/C71H137NO18/c1-3-5-7-9-11-13-15-17-19-21-23-24-25-26-27-28-29-30-31-32-34-36-38-40-42-44-46-48-55(76)54(72-59(77)49-47-45-43-41-39-37-35-33-22-20-18-16-14-12-10-8-6-4-2)53-85-69-65(83)62(80)67(57(51-74)87-69)90-71-66(84)63(81)68(58(52-75)88-71)89-70-64(82)61(79)60(78)56(50-73)86-70/h54-58,60-71,73-76,78-84H,3-53H2,1-2H3,(H,72,77). The zero-order valence-corrected chi connectivity index (χ0v) is 56.7. The largest absolute Gasteiger partial charge is 0.394 e. The van der Waals surface area contributed by atoms with Crippen LogP contribution in [0.3, 0.4) is 0 Å². The van der Waals surface area contributed by atoms with Gasteiger partial charge in [-0.2, -0.15) is 0 Å². The smallest absolute Gasteiger partial charge is 0.220 e. The van der Waals surface area contributed by atoms with Crippen molar-refractivity contribution >= 4 is 5.91 Å². The van der Waals surface area contributed by atoms with Crippen LogP contribution in [0.5, 0.6) is 0 Å². The topological polar surface area (TPSA) is 307 Å². The molecule has 17 unspecified atom stereocenters. The van der Waals surface area contributed by atoms with Gasteiger partial charge >= 0.3 is 0 Å². The van der Waals surface area contributed by atoms with Gasteiger partial charge in [-0.25, -0.2) is 0 Å². The van der Waals surface area contributed by atoms with Gasteiger partial charge in [0.05, 0.1) is 38.6 Å². The Bertz CT molecular complexity index is 1640. The van der Waals surface area contributed by atoms with Crippen molar-refractivity contribution in [2.75, 3.05) is 26.4 Å². The Hall–Kier alpha value is -1.21. The molecule has 3 heterocycles. The minimum atomic E-state index is -1.97. The van der Waals surface area contributed by atoms with Crippen LogP contribution in [0.15, 0.2) is 0 Å². The van der Waals surface area contributed by atoms with E-state index in [2.05, 4.69) is 19.2 Å². The third-order valence-corrected chi connectivity index (χ3v) is 19.2. The van der Waals surface area contributed by atoms with E-state index in [-0.39, 0.29) is 18.9 Å². The number of nitrogens with one attached hydrogen (secondary N) is 1. The molecule has 17 atom stereocenters. The molecule has 0 aromatic rings. The Balaban J connectivity index is 1.39. The first-order valence-corrected chi connectivity index (χ1v) is 37.3. The van der Waals surface area contributed by atoms with Crippen molar-refractivity contribution in [2.24, 2.45) is 0 Å². The highest BCUT2D eigenvalue weighted by molar-refractivity contribution is 5.76. The van der Waals surface area contributed by atoms with E-state index in [4.69, 9.17) is 28.4 Å². The number of aliphatic hydroxyl groups excluding tert-OH is 11. The van der Waals surface area contributed by atoms with Crippen molar-refractivity contribution in [3.05, 3.63) is 0 Å². The second-order valence-corrected chi connectivity index (χ2v) is 27.1. The summed E-state index contributed by atoms with van der Waals surface area (Å²) in [6.45, 7) is 1.86. The number of hydrogen-bond acceptors (Lipinski definition) is 18. The predicted molar refractivity (Wildman–Crippen MR) is 351 cm³/mol. The summed E-state index contributed by atoms with van der Waals surface area (Å²) in [4.78, 5) is 13.4. The van der Waals surface area contributed by atoms with Crippen LogP contribution in [0, 0.1) is 0 Å². The normalized spacial score (nSPS) is 27.9. The zero-order valence-electron chi connectivity index (χ0n) is 56.7. The van der Waals surface area contributed by atoms with Gasteiger partial charge in [-0.3, -0.25) is 4.79 Å². The molecule has 0 aromatic carbocycles. The summed E-state index contributed by atoms with van der Waals surface area (Å²) in [5.41, 5.74) is 0. The number of rotatable bonds is 59. The van der Waals surface area contributed by atoms with E-state index in [0.29, 0.717) is 12.8 Å². The van der Waals surface area contributed by atoms with E-state index < -0.39 is 124 Å². The maximum absolute atomic E-state index is 13.4. The lowest BCUT2D eigenvalue weighted by atomic mass is 9.96. The summed E-state index contributed by atoms with van der Waals surface area (Å²) in [6, 6.07) is -0.882. The number of ether oxygens (including phenoxy) is 6. The van der Waals surface area contributed by atoms with Gasteiger partial charge in [0.15, 0.2) is 18.9 Å². The van der Waals surface area contributed by atoms with Crippen LogP contribution in [0.1, 0.15) is 316 Å².